The van der Waals surface area contributed by atoms with Crippen LogP contribution in [0, 0.1) is 0 Å². The molecule has 1 heterocycles. The van der Waals surface area contributed by atoms with Crippen molar-refractivity contribution in [2.75, 3.05) is 13.7 Å². The lowest BCUT2D eigenvalue weighted by molar-refractivity contribution is -0.137. The van der Waals surface area contributed by atoms with Gasteiger partial charge in [0.15, 0.2) is 0 Å². The summed E-state index contributed by atoms with van der Waals surface area (Å²) in [6, 6.07) is 19.5. The summed E-state index contributed by atoms with van der Waals surface area (Å²) in [7, 11) is 1.36. The predicted octanol–water partition coefficient (Wildman–Crippen LogP) is 3.74. The predicted molar refractivity (Wildman–Crippen MR) is 97.7 cm³/mol. The highest BCUT2D eigenvalue weighted by atomic mass is 16.5. The molecule has 0 bridgehead atoms. The molecular formula is C21H21NO3. The number of esters is 1. The van der Waals surface area contributed by atoms with Gasteiger partial charge in [0, 0.05) is 11.1 Å². The fraction of sp³-hybridized carbons (Fsp3) is 0.238. The largest absolute Gasteiger partial charge is 0.468 e. The lowest BCUT2D eigenvalue weighted by Gasteiger charge is -2.34. The quantitative estimate of drug-likeness (QED) is 0.618. The monoisotopic (exact) mass is 335 g/mol. The van der Waals surface area contributed by atoms with Crippen molar-refractivity contribution in [2.24, 2.45) is 4.99 Å². The number of carbonyl (C=O) groups is 1. The Bertz CT molecular complexity index is 798. The third kappa shape index (κ3) is 3.33. The molecule has 4 nitrogen and oxygen atoms in total. The molecule has 1 aliphatic heterocycles. The minimum absolute atomic E-state index is 0.355. The Morgan fingerprint density at radius 1 is 1.16 bits per heavy atom. The Hall–Kier alpha value is -2.88. The molecule has 0 radical (unpaired) electrons. The van der Waals surface area contributed by atoms with E-state index in [1.165, 1.54) is 7.11 Å². The van der Waals surface area contributed by atoms with Crippen molar-refractivity contribution in [3.63, 3.8) is 0 Å². The number of methoxy groups -OCH3 is 1. The number of nitrogens with zero attached hydrogens (tertiary/aromatic N) is 1. The molecule has 2 unspecified atom stereocenters. The molecule has 3 rings (SSSR count). The molecule has 0 amide bonds. The van der Waals surface area contributed by atoms with Crippen molar-refractivity contribution >= 4 is 11.9 Å². The summed E-state index contributed by atoms with van der Waals surface area (Å²) in [5.74, 6) is -0.209. The second-order valence-corrected chi connectivity index (χ2v) is 6.26. The van der Waals surface area contributed by atoms with Gasteiger partial charge in [-0.2, -0.15) is 0 Å². The molecule has 2 aromatic carbocycles. The summed E-state index contributed by atoms with van der Waals surface area (Å²) < 4.78 is 11.1. The molecule has 128 valence electrons. The highest BCUT2D eigenvalue weighted by Crippen LogP contribution is 2.40. The Morgan fingerprint density at radius 3 is 2.36 bits per heavy atom. The molecule has 2 aromatic rings. The molecule has 0 saturated carbocycles. The van der Waals surface area contributed by atoms with E-state index in [1.807, 2.05) is 67.6 Å². The lowest BCUT2D eigenvalue weighted by atomic mass is 9.78. The van der Waals surface area contributed by atoms with Gasteiger partial charge in [-0.25, -0.2) is 9.79 Å². The van der Waals surface area contributed by atoms with E-state index in [0.29, 0.717) is 18.0 Å². The van der Waals surface area contributed by atoms with Crippen LogP contribution in [0.3, 0.4) is 0 Å². The van der Waals surface area contributed by atoms with Gasteiger partial charge in [0.1, 0.15) is 5.60 Å². The summed E-state index contributed by atoms with van der Waals surface area (Å²) >= 11 is 0. The number of aliphatic imine (C=N–C) groups is 1. The SMILES string of the molecule is C=C(C(=O)OC)C(c1ccccc1)C1(C)CN=C(c2ccccc2)O1. The average molecular weight is 335 g/mol. The molecule has 2 atom stereocenters. The Morgan fingerprint density at radius 2 is 1.76 bits per heavy atom. The first-order chi connectivity index (χ1) is 12.0. The highest BCUT2D eigenvalue weighted by Gasteiger charge is 2.45. The van der Waals surface area contributed by atoms with Crippen LogP contribution >= 0.6 is 0 Å². The molecule has 0 spiro atoms. The summed E-state index contributed by atoms with van der Waals surface area (Å²) in [4.78, 5) is 16.7. The van der Waals surface area contributed by atoms with Crippen LogP contribution in [0.15, 0.2) is 77.8 Å². The first-order valence-electron chi connectivity index (χ1n) is 8.16. The zero-order valence-electron chi connectivity index (χ0n) is 14.4. The lowest BCUT2D eigenvalue weighted by Crippen LogP contribution is -2.39. The molecule has 0 aliphatic carbocycles. The summed E-state index contributed by atoms with van der Waals surface area (Å²) in [5, 5.41) is 0. The van der Waals surface area contributed by atoms with Crippen molar-refractivity contribution in [1.82, 2.24) is 0 Å². The first kappa shape index (κ1) is 17.0. The van der Waals surface area contributed by atoms with Crippen molar-refractivity contribution in [2.45, 2.75) is 18.4 Å². The Labute approximate surface area is 147 Å². The molecule has 0 N–H and O–H groups in total. The normalized spacial score (nSPS) is 20.3. The van der Waals surface area contributed by atoms with Crippen LogP contribution in [0.1, 0.15) is 24.0 Å². The second-order valence-electron chi connectivity index (χ2n) is 6.26. The number of hydrogen-bond donors (Lipinski definition) is 0. The van der Waals surface area contributed by atoms with Gasteiger partial charge < -0.3 is 9.47 Å². The third-order valence-electron chi connectivity index (χ3n) is 4.43. The number of benzene rings is 2. The number of ether oxygens (including phenoxy) is 2. The van der Waals surface area contributed by atoms with Crippen molar-refractivity contribution in [3.8, 4) is 0 Å². The van der Waals surface area contributed by atoms with Crippen molar-refractivity contribution in [1.29, 1.82) is 0 Å². The summed E-state index contributed by atoms with van der Waals surface area (Å²) in [6.45, 7) is 6.38. The second kappa shape index (κ2) is 6.93. The van der Waals surface area contributed by atoms with Gasteiger partial charge in [-0.3, -0.25) is 0 Å². The molecule has 4 heteroatoms. The minimum Gasteiger partial charge on any atom is -0.468 e. The average Bonchev–Trinajstić information content (AvgIpc) is 3.05. The number of carbonyl (C=O) groups excluding carboxylic acids is 1. The van der Waals surface area contributed by atoms with E-state index in [-0.39, 0.29) is 5.92 Å². The summed E-state index contributed by atoms with van der Waals surface area (Å²) in [5.41, 5.74) is 1.52. The van der Waals surface area contributed by atoms with E-state index >= 15 is 0 Å². The molecule has 0 saturated heterocycles. The van der Waals surface area contributed by atoms with E-state index in [4.69, 9.17) is 9.47 Å². The molecule has 25 heavy (non-hydrogen) atoms. The smallest absolute Gasteiger partial charge is 0.333 e. The Balaban J connectivity index is 1.94. The standard InChI is InChI=1S/C21H21NO3/c1-15(20(23)24-3)18(16-10-6-4-7-11-16)21(2)14-22-19(25-21)17-12-8-5-9-13-17/h4-13,18H,1,14H2,2-3H3. The van der Waals surface area contributed by atoms with Gasteiger partial charge in [0.25, 0.3) is 0 Å². The fourth-order valence-corrected chi connectivity index (χ4v) is 3.21. The molecule has 0 aromatic heterocycles. The van der Waals surface area contributed by atoms with Crippen LogP contribution in [-0.2, 0) is 14.3 Å². The summed E-state index contributed by atoms with van der Waals surface area (Å²) in [6.07, 6.45) is 0. The molecule has 0 fully saturated rings. The van der Waals surface area contributed by atoms with Crippen LogP contribution < -0.4 is 0 Å². The van der Waals surface area contributed by atoms with Crippen LogP contribution in [-0.4, -0.2) is 31.1 Å². The maximum atomic E-state index is 12.2. The van der Waals surface area contributed by atoms with Gasteiger partial charge in [-0.05, 0) is 24.6 Å². The van der Waals surface area contributed by atoms with Gasteiger partial charge >= 0.3 is 5.97 Å². The zero-order chi connectivity index (χ0) is 17.9. The van der Waals surface area contributed by atoms with Gasteiger partial charge in [-0.15, -0.1) is 0 Å². The Kier molecular flexibility index (Phi) is 4.70. The van der Waals surface area contributed by atoms with E-state index in [2.05, 4.69) is 11.6 Å². The molecular weight excluding hydrogens is 314 g/mol. The fourth-order valence-electron chi connectivity index (χ4n) is 3.21. The number of rotatable bonds is 5. The van der Waals surface area contributed by atoms with Crippen molar-refractivity contribution < 1.29 is 14.3 Å². The van der Waals surface area contributed by atoms with Crippen LogP contribution in [0.4, 0.5) is 0 Å². The number of hydrogen-bond acceptors (Lipinski definition) is 4. The maximum Gasteiger partial charge on any atom is 0.333 e. The van der Waals surface area contributed by atoms with Crippen LogP contribution in [0.2, 0.25) is 0 Å². The molecule has 1 aliphatic rings. The topological polar surface area (TPSA) is 47.9 Å². The van der Waals surface area contributed by atoms with Crippen molar-refractivity contribution in [3.05, 3.63) is 83.9 Å². The van der Waals surface area contributed by atoms with E-state index in [0.717, 1.165) is 11.1 Å². The van der Waals surface area contributed by atoms with Gasteiger partial charge in [0.05, 0.1) is 19.6 Å². The highest BCUT2D eigenvalue weighted by molar-refractivity contribution is 5.96. The first-order valence-corrected chi connectivity index (χ1v) is 8.16. The third-order valence-corrected chi connectivity index (χ3v) is 4.43. The van der Waals surface area contributed by atoms with Crippen LogP contribution in [0.5, 0.6) is 0 Å². The van der Waals surface area contributed by atoms with Gasteiger partial charge in [-0.1, -0.05) is 55.1 Å². The van der Waals surface area contributed by atoms with Gasteiger partial charge in [0.2, 0.25) is 5.90 Å². The minimum atomic E-state index is -0.711. The zero-order valence-corrected chi connectivity index (χ0v) is 14.4. The van der Waals surface area contributed by atoms with E-state index in [9.17, 15) is 4.79 Å². The maximum absolute atomic E-state index is 12.2. The van der Waals surface area contributed by atoms with E-state index in [1.54, 1.807) is 0 Å². The van der Waals surface area contributed by atoms with E-state index < -0.39 is 11.6 Å². The van der Waals surface area contributed by atoms with Crippen LogP contribution in [0.25, 0.3) is 0 Å².